The average molecular weight is 503 g/mol. The zero-order valence-electron chi connectivity index (χ0n) is 20.1. The summed E-state index contributed by atoms with van der Waals surface area (Å²) in [5.74, 6) is 0.571. The normalized spacial score (nSPS) is 14.6. The standard InChI is InChI=1S/C25H31ClN4O5/c1-16(31)27-21(14-17-8-9-22(34-2)23(15-17)35-3)24(32)28-18-10-12-30(13-11-18)25(33)29-20-7-5-4-6-19(20)26/h4-9,15,18,21H,10-14H2,1-3H3,(H,27,31)(H,28,32)(H,29,33)/t21-/m0/s1. The van der Waals surface area contributed by atoms with Gasteiger partial charge in [0.2, 0.25) is 11.8 Å². The van der Waals surface area contributed by atoms with E-state index in [0.717, 1.165) is 5.56 Å². The second kappa shape index (κ2) is 12.3. The fourth-order valence-electron chi connectivity index (χ4n) is 3.98. The van der Waals surface area contributed by atoms with Crippen LogP contribution < -0.4 is 25.4 Å². The summed E-state index contributed by atoms with van der Waals surface area (Å²) < 4.78 is 10.6. The predicted octanol–water partition coefficient (Wildman–Crippen LogP) is 3.22. The fourth-order valence-corrected chi connectivity index (χ4v) is 4.17. The lowest BCUT2D eigenvalue weighted by Gasteiger charge is -2.33. The molecular formula is C25H31ClN4O5. The van der Waals surface area contributed by atoms with Gasteiger partial charge in [0.05, 0.1) is 24.9 Å². The second-order valence-electron chi connectivity index (χ2n) is 8.33. The Labute approximate surface area is 210 Å². The summed E-state index contributed by atoms with van der Waals surface area (Å²) in [4.78, 5) is 39.1. The van der Waals surface area contributed by atoms with E-state index in [0.29, 0.717) is 54.6 Å². The van der Waals surface area contributed by atoms with E-state index in [2.05, 4.69) is 16.0 Å². The fraction of sp³-hybridized carbons (Fsp3) is 0.400. The summed E-state index contributed by atoms with van der Waals surface area (Å²) in [7, 11) is 3.09. The van der Waals surface area contributed by atoms with Gasteiger partial charge in [0, 0.05) is 32.5 Å². The lowest BCUT2D eigenvalue weighted by molar-refractivity contribution is -0.128. The Morgan fingerprint density at radius 3 is 2.37 bits per heavy atom. The Balaban J connectivity index is 1.56. The maximum Gasteiger partial charge on any atom is 0.321 e. The number of para-hydroxylation sites is 1. The van der Waals surface area contributed by atoms with Gasteiger partial charge >= 0.3 is 6.03 Å². The molecule has 0 spiro atoms. The number of likely N-dealkylation sites (tertiary alicyclic amines) is 1. The molecule has 3 rings (SSSR count). The number of carbonyl (C=O) groups excluding carboxylic acids is 3. The van der Waals surface area contributed by atoms with Crippen LogP contribution in [0.5, 0.6) is 11.5 Å². The van der Waals surface area contributed by atoms with Crippen LogP contribution in [0.15, 0.2) is 42.5 Å². The Morgan fingerprint density at radius 2 is 1.74 bits per heavy atom. The van der Waals surface area contributed by atoms with Crippen molar-refractivity contribution in [2.45, 2.75) is 38.3 Å². The Morgan fingerprint density at radius 1 is 1.06 bits per heavy atom. The molecule has 35 heavy (non-hydrogen) atoms. The molecule has 1 heterocycles. The number of nitrogens with one attached hydrogen (secondary N) is 3. The topological polar surface area (TPSA) is 109 Å². The molecule has 1 aliphatic rings. The van der Waals surface area contributed by atoms with Crippen LogP contribution in [0.2, 0.25) is 5.02 Å². The van der Waals surface area contributed by atoms with Crippen LogP contribution in [0, 0.1) is 0 Å². The van der Waals surface area contributed by atoms with E-state index in [9.17, 15) is 14.4 Å². The number of hydrogen-bond donors (Lipinski definition) is 3. The number of nitrogens with zero attached hydrogens (tertiary/aromatic N) is 1. The number of anilines is 1. The highest BCUT2D eigenvalue weighted by Crippen LogP contribution is 2.28. The van der Waals surface area contributed by atoms with Crippen LogP contribution in [0.1, 0.15) is 25.3 Å². The molecule has 0 saturated carbocycles. The van der Waals surface area contributed by atoms with Gasteiger partial charge in [-0.15, -0.1) is 0 Å². The molecule has 3 N–H and O–H groups in total. The summed E-state index contributed by atoms with van der Waals surface area (Å²) in [5, 5.41) is 9.05. The molecule has 10 heteroatoms. The van der Waals surface area contributed by atoms with Gasteiger partial charge in [-0.05, 0) is 42.7 Å². The first-order valence-corrected chi connectivity index (χ1v) is 11.8. The first-order valence-electron chi connectivity index (χ1n) is 11.4. The van der Waals surface area contributed by atoms with E-state index in [4.69, 9.17) is 21.1 Å². The van der Waals surface area contributed by atoms with Crippen molar-refractivity contribution in [1.29, 1.82) is 0 Å². The summed E-state index contributed by atoms with van der Waals surface area (Å²) in [6.07, 6.45) is 1.50. The molecule has 1 aliphatic heterocycles. The van der Waals surface area contributed by atoms with E-state index in [1.165, 1.54) is 6.92 Å². The van der Waals surface area contributed by atoms with Gasteiger partial charge in [0.1, 0.15) is 6.04 Å². The van der Waals surface area contributed by atoms with Crippen LogP contribution in [0.3, 0.4) is 0 Å². The van der Waals surface area contributed by atoms with Crippen LogP contribution in [-0.4, -0.2) is 62.1 Å². The minimum atomic E-state index is -0.743. The second-order valence-corrected chi connectivity index (χ2v) is 8.73. The Hall–Kier alpha value is -3.46. The first kappa shape index (κ1) is 26.2. The van der Waals surface area contributed by atoms with Crippen molar-refractivity contribution >= 4 is 35.1 Å². The van der Waals surface area contributed by atoms with Gasteiger partial charge in [0.25, 0.3) is 0 Å². The van der Waals surface area contributed by atoms with Crippen LogP contribution in [-0.2, 0) is 16.0 Å². The third-order valence-corrected chi connectivity index (χ3v) is 6.16. The molecular weight excluding hydrogens is 472 g/mol. The van der Waals surface area contributed by atoms with E-state index in [1.54, 1.807) is 55.5 Å². The van der Waals surface area contributed by atoms with E-state index in [1.807, 2.05) is 6.07 Å². The number of carbonyl (C=O) groups is 3. The Bertz CT molecular complexity index is 1060. The highest BCUT2D eigenvalue weighted by atomic mass is 35.5. The maximum absolute atomic E-state index is 13.0. The third-order valence-electron chi connectivity index (χ3n) is 5.83. The predicted molar refractivity (Wildman–Crippen MR) is 134 cm³/mol. The number of halogens is 1. The van der Waals surface area contributed by atoms with Crippen molar-refractivity contribution < 1.29 is 23.9 Å². The van der Waals surface area contributed by atoms with E-state index in [-0.39, 0.29) is 23.9 Å². The Kier molecular flexibility index (Phi) is 9.19. The van der Waals surface area contributed by atoms with Crippen molar-refractivity contribution in [2.24, 2.45) is 0 Å². The molecule has 1 fully saturated rings. The van der Waals surface area contributed by atoms with Gasteiger partial charge in [-0.25, -0.2) is 4.79 Å². The molecule has 1 atom stereocenters. The van der Waals surface area contributed by atoms with Crippen molar-refractivity contribution in [2.75, 3.05) is 32.6 Å². The van der Waals surface area contributed by atoms with Gasteiger partial charge in [0.15, 0.2) is 11.5 Å². The molecule has 4 amide bonds. The van der Waals surface area contributed by atoms with Crippen molar-refractivity contribution in [3.8, 4) is 11.5 Å². The number of benzene rings is 2. The molecule has 188 valence electrons. The van der Waals surface area contributed by atoms with Crippen molar-refractivity contribution in [3.05, 3.63) is 53.1 Å². The molecule has 2 aromatic rings. The monoisotopic (exact) mass is 502 g/mol. The van der Waals surface area contributed by atoms with Gasteiger partial charge < -0.3 is 30.3 Å². The zero-order chi connectivity index (χ0) is 25.4. The van der Waals surface area contributed by atoms with E-state index >= 15 is 0 Å². The quantitative estimate of drug-likeness (QED) is 0.513. The highest BCUT2D eigenvalue weighted by molar-refractivity contribution is 6.33. The smallest absolute Gasteiger partial charge is 0.321 e. The summed E-state index contributed by atoms with van der Waals surface area (Å²) >= 11 is 6.12. The van der Waals surface area contributed by atoms with Gasteiger partial charge in [-0.3, -0.25) is 9.59 Å². The molecule has 0 bridgehead atoms. The minimum Gasteiger partial charge on any atom is -0.493 e. The lowest BCUT2D eigenvalue weighted by atomic mass is 10.0. The minimum absolute atomic E-state index is 0.103. The van der Waals surface area contributed by atoms with Crippen molar-refractivity contribution in [3.63, 3.8) is 0 Å². The molecule has 0 unspecified atom stereocenters. The van der Waals surface area contributed by atoms with Gasteiger partial charge in [-0.2, -0.15) is 0 Å². The van der Waals surface area contributed by atoms with Gasteiger partial charge in [-0.1, -0.05) is 29.8 Å². The molecule has 0 radical (unpaired) electrons. The summed E-state index contributed by atoms with van der Waals surface area (Å²) in [5.41, 5.74) is 1.38. The lowest BCUT2D eigenvalue weighted by Crippen LogP contribution is -2.53. The number of amides is 4. The largest absolute Gasteiger partial charge is 0.493 e. The van der Waals surface area contributed by atoms with Crippen LogP contribution >= 0.6 is 11.6 Å². The zero-order valence-corrected chi connectivity index (χ0v) is 20.9. The molecule has 1 saturated heterocycles. The summed E-state index contributed by atoms with van der Waals surface area (Å²) in [6.45, 7) is 2.36. The number of rotatable bonds is 8. The number of ether oxygens (including phenoxy) is 2. The first-order chi connectivity index (χ1) is 16.8. The molecule has 9 nitrogen and oxygen atoms in total. The maximum atomic E-state index is 13.0. The molecule has 0 aliphatic carbocycles. The molecule has 0 aromatic heterocycles. The van der Waals surface area contributed by atoms with E-state index < -0.39 is 6.04 Å². The average Bonchev–Trinajstić information content (AvgIpc) is 2.85. The number of piperidine rings is 1. The highest BCUT2D eigenvalue weighted by Gasteiger charge is 2.27. The van der Waals surface area contributed by atoms with Crippen LogP contribution in [0.25, 0.3) is 0 Å². The molecule has 2 aromatic carbocycles. The SMILES string of the molecule is COc1ccc(C[C@H](NC(C)=O)C(=O)NC2CCN(C(=O)Nc3ccccc3Cl)CC2)cc1OC. The summed E-state index contributed by atoms with van der Waals surface area (Å²) in [6, 6.07) is 11.4. The number of hydrogen-bond acceptors (Lipinski definition) is 5. The van der Waals surface area contributed by atoms with Crippen molar-refractivity contribution in [1.82, 2.24) is 15.5 Å². The number of urea groups is 1. The third kappa shape index (κ3) is 7.26. The van der Waals surface area contributed by atoms with Crippen LogP contribution in [0.4, 0.5) is 10.5 Å². The number of methoxy groups -OCH3 is 2.